The number of amides is 1. The lowest BCUT2D eigenvalue weighted by Crippen LogP contribution is -2.46. The Morgan fingerprint density at radius 3 is 2.73 bits per heavy atom. The Balaban J connectivity index is 1.69. The van der Waals surface area contributed by atoms with Crippen molar-refractivity contribution in [3.63, 3.8) is 0 Å². The van der Waals surface area contributed by atoms with Crippen molar-refractivity contribution in [3.05, 3.63) is 60.2 Å². The molecular weight excluding hydrogens is 466 g/mol. The Morgan fingerprint density at radius 2 is 2.08 bits per heavy atom. The van der Waals surface area contributed by atoms with Crippen molar-refractivity contribution in [3.8, 4) is 0 Å². The zero-order valence-corrected chi connectivity index (χ0v) is 22.2. The van der Waals surface area contributed by atoms with Crippen LogP contribution in [0.3, 0.4) is 0 Å². The molecule has 2 fully saturated rings. The van der Waals surface area contributed by atoms with E-state index in [1.807, 2.05) is 6.08 Å². The summed E-state index contributed by atoms with van der Waals surface area (Å²) in [7, 11) is 0. The number of anilines is 1. The van der Waals surface area contributed by atoms with E-state index in [2.05, 4.69) is 81.2 Å². The molecule has 0 saturated carbocycles. The van der Waals surface area contributed by atoms with E-state index < -0.39 is 6.04 Å². The molecule has 2 saturated heterocycles. The van der Waals surface area contributed by atoms with Crippen molar-refractivity contribution < 1.29 is 9.90 Å². The van der Waals surface area contributed by atoms with E-state index in [0.29, 0.717) is 38.1 Å². The number of likely N-dealkylation sites (tertiary alicyclic amines) is 1. The van der Waals surface area contributed by atoms with Crippen molar-refractivity contribution in [2.24, 2.45) is 16.6 Å². The van der Waals surface area contributed by atoms with Crippen LogP contribution in [-0.2, 0) is 11.2 Å². The zero-order valence-electron chi connectivity index (χ0n) is 22.2. The minimum absolute atomic E-state index is 0.188. The monoisotopic (exact) mass is 509 g/mol. The van der Waals surface area contributed by atoms with E-state index in [4.69, 9.17) is 5.73 Å². The number of nitrogens with one attached hydrogen (secondary N) is 3. The molecule has 9 nitrogen and oxygen atoms in total. The first-order chi connectivity index (χ1) is 17.9. The van der Waals surface area contributed by atoms with Crippen LogP contribution in [0.5, 0.6) is 0 Å². The average molecular weight is 510 g/mol. The van der Waals surface area contributed by atoms with Gasteiger partial charge in [0, 0.05) is 63.3 Å². The van der Waals surface area contributed by atoms with Crippen LogP contribution < -0.4 is 21.7 Å². The number of benzene rings is 1. The van der Waals surface area contributed by atoms with Gasteiger partial charge in [0.15, 0.2) is 0 Å². The lowest BCUT2D eigenvalue weighted by molar-refractivity contribution is -0.123. The second-order valence-electron chi connectivity index (χ2n) is 9.83. The molecule has 4 atom stereocenters. The number of carbonyl (C=O) groups excluding carboxylic acids is 1. The normalized spacial score (nSPS) is 24.6. The molecule has 0 spiro atoms. The summed E-state index contributed by atoms with van der Waals surface area (Å²) in [5, 5.41) is 19.0. The van der Waals surface area contributed by atoms with Gasteiger partial charge in [-0.2, -0.15) is 0 Å². The van der Waals surface area contributed by atoms with Crippen LogP contribution in [0.25, 0.3) is 0 Å². The van der Waals surface area contributed by atoms with Gasteiger partial charge < -0.3 is 31.7 Å². The predicted molar refractivity (Wildman–Crippen MR) is 150 cm³/mol. The summed E-state index contributed by atoms with van der Waals surface area (Å²) in [6.45, 7) is 12.1. The molecule has 2 heterocycles. The Kier molecular flexibility index (Phi) is 11.4. The van der Waals surface area contributed by atoms with Crippen LogP contribution in [0.4, 0.5) is 5.69 Å². The van der Waals surface area contributed by atoms with Gasteiger partial charge in [-0.25, -0.2) is 0 Å². The summed E-state index contributed by atoms with van der Waals surface area (Å²) >= 11 is 0. The molecule has 37 heavy (non-hydrogen) atoms. The molecule has 2 aliphatic rings. The number of rotatable bonds is 10. The lowest BCUT2D eigenvalue weighted by Gasteiger charge is -2.28. The van der Waals surface area contributed by atoms with Gasteiger partial charge in [0.2, 0.25) is 5.91 Å². The molecule has 1 aromatic rings. The van der Waals surface area contributed by atoms with Gasteiger partial charge in [0.05, 0.1) is 12.8 Å². The Labute approximate surface area is 221 Å². The van der Waals surface area contributed by atoms with E-state index >= 15 is 0 Å². The Morgan fingerprint density at radius 1 is 1.32 bits per heavy atom. The first-order valence-corrected chi connectivity index (χ1v) is 13.2. The second-order valence-corrected chi connectivity index (χ2v) is 9.83. The van der Waals surface area contributed by atoms with Crippen LogP contribution in [0.1, 0.15) is 25.8 Å². The van der Waals surface area contributed by atoms with E-state index in [1.54, 1.807) is 6.21 Å². The zero-order chi connectivity index (χ0) is 26.6. The number of nitrogens with two attached hydrogens (primary N) is 1. The maximum absolute atomic E-state index is 12.2. The molecular formula is C28H43N7O2. The summed E-state index contributed by atoms with van der Waals surface area (Å²) in [4.78, 5) is 21.0. The molecule has 0 radical (unpaired) electrons. The second kappa shape index (κ2) is 14.7. The third-order valence-corrected chi connectivity index (χ3v) is 7.16. The average Bonchev–Trinajstić information content (AvgIpc) is 3.27. The van der Waals surface area contributed by atoms with Crippen molar-refractivity contribution in [1.82, 2.24) is 20.4 Å². The molecule has 0 aliphatic carbocycles. The fourth-order valence-corrected chi connectivity index (χ4v) is 4.84. The van der Waals surface area contributed by atoms with Crippen LogP contribution in [0.2, 0.25) is 0 Å². The van der Waals surface area contributed by atoms with Gasteiger partial charge in [-0.15, -0.1) is 5.73 Å². The van der Waals surface area contributed by atoms with Crippen molar-refractivity contribution in [2.45, 2.75) is 44.8 Å². The number of aliphatic hydroxyl groups excluding tert-OH is 1. The SMILES string of the molecule is C=C=CN=C/C=C(\Nc1ccc(CC(CC)N2CC(C)[C@H](N)C2)cc1)N1CCNC(=O)C(CO)NCC1. The number of hydrogen-bond donors (Lipinski definition) is 5. The lowest BCUT2D eigenvalue weighted by atomic mass is 10.0. The number of hydrogen-bond acceptors (Lipinski definition) is 8. The number of aliphatic hydroxyl groups is 1. The highest BCUT2D eigenvalue weighted by Gasteiger charge is 2.30. The molecule has 3 rings (SSSR count). The Hall–Kier alpha value is -2.94. The fraction of sp³-hybridized carbons (Fsp3) is 0.536. The molecule has 0 aromatic heterocycles. The van der Waals surface area contributed by atoms with Gasteiger partial charge in [-0.1, -0.05) is 32.6 Å². The summed E-state index contributed by atoms with van der Waals surface area (Å²) in [6.07, 6.45) is 7.20. The van der Waals surface area contributed by atoms with Gasteiger partial charge in [0.25, 0.3) is 0 Å². The van der Waals surface area contributed by atoms with Gasteiger partial charge >= 0.3 is 0 Å². The maximum Gasteiger partial charge on any atom is 0.239 e. The van der Waals surface area contributed by atoms with E-state index in [1.165, 1.54) is 11.8 Å². The minimum Gasteiger partial charge on any atom is -0.394 e. The van der Waals surface area contributed by atoms with Crippen LogP contribution in [-0.4, -0.2) is 91.0 Å². The molecule has 1 aromatic carbocycles. The number of nitrogens with zero attached hydrogens (tertiary/aromatic N) is 3. The van der Waals surface area contributed by atoms with Crippen LogP contribution in [0.15, 0.2) is 59.7 Å². The summed E-state index contributed by atoms with van der Waals surface area (Å²) in [6, 6.07) is 8.74. The first kappa shape index (κ1) is 28.6. The van der Waals surface area contributed by atoms with E-state index in [0.717, 1.165) is 37.4 Å². The predicted octanol–water partition coefficient (Wildman–Crippen LogP) is 1.29. The third-order valence-electron chi connectivity index (χ3n) is 7.16. The quantitative estimate of drug-likeness (QED) is 0.238. The van der Waals surface area contributed by atoms with Gasteiger partial charge in [-0.05, 0) is 42.5 Å². The molecule has 0 bridgehead atoms. The number of carbonyl (C=O) groups is 1. The first-order valence-electron chi connectivity index (χ1n) is 13.2. The smallest absolute Gasteiger partial charge is 0.239 e. The highest BCUT2D eigenvalue weighted by atomic mass is 16.3. The van der Waals surface area contributed by atoms with E-state index in [9.17, 15) is 9.90 Å². The third kappa shape index (κ3) is 8.55. The van der Waals surface area contributed by atoms with Crippen molar-refractivity contribution in [2.75, 3.05) is 51.2 Å². The molecule has 1 amide bonds. The molecule has 6 N–H and O–H groups in total. The Bertz CT molecular complexity index is 961. The minimum atomic E-state index is -0.598. The highest BCUT2D eigenvalue weighted by molar-refractivity contribution is 5.81. The fourth-order valence-electron chi connectivity index (χ4n) is 4.84. The van der Waals surface area contributed by atoms with E-state index in [-0.39, 0.29) is 18.6 Å². The molecule has 9 heteroatoms. The maximum atomic E-state index is 12.2. The number of aliphatic imine (C=N–C) groups is 1. The summed E-state index contributed by atoms with van der Waals surface area (Å²) in [5.74, 6) is 1.22. The topological polar surface area (TPSA) is 118 Å². The van der Waals surface area contributed by atoms with Crippen LogP contribution in [0, 0.1) is 5.92 Å². The van der Waals surface area contributed by atoms with Crippen molar-refractivity contribution >= 4 is 17.8 Å². The summed E-state index contributed by atoms with van der Waals surface area (Å²) in [5.41, 5.74) is 11.2. The highest BCUT2D eigenvalue weighted by Crippen LogP contribution is 2.22. The standard InChI is InChI=1S/C28H43N7O2/c1-4-11-30-12-10-27(34-15-13-31-26(20-36)28(37)32-14-16-34)33-23-8-6-22(7-9-23)17-24(5-2)35-18-21(3)25(29)19-35/h6-12,21,24-26,31,33,36H,1,5,13-20,29H2,2-3H3,(H,32,37)/b27-10+,30-12?/t21?,24?,25-,26?/m1/s1. The van der Waals surface area contributed by atoms with Crippen molar-refractivity contribution in [1.29, 1.82) is 0 Å². The molecule has 202 valence electrons. The van der Waals surface area contributed by atoms with Crippen LogP contribution >= 0.6 is 0 Å². The van der Waals surface area contributed by atoms with Gasteiger partial charge in [-0.3, -0.25) is 14.7 Å². The largest absolute Gasteiger partial charge is 0.394 e. The molecule has 3 unspecified atom stereocenters. The number of allylic oxidation sites excluding steroid dienone is 1. The van der Waals surface area contributed by atoms with Gasteiger partial charge in [0.1, 0.15) is 11.9 Å². The summed E-state index contributed by atoms with van der Waals surface area (Å²) < 4.78 is 0. The molecule has 2 aliphatic heterocycles.